The van der Waals surface area contributed by atoms with E-state index in [9.17, 15) is 18.0 Å². The van der Waals surface area contributed by atoms with E-state index in [0.717, 1.165) is 25.8 Å². The van der Waals surface area contributed by atoms with Crippen LogP contribution in [0.15, 0.2) is 0 Å². The quantitative estimate of drug-likeness (QED) is 0.273. The molecule has 2 aliphatic rings. The van der Waals surface area contributed by atoms with E-state index in [1.54, 1.807) is 0 Å². The average Bonchev–Trinajstić information content (AvgIpc) is 2.59. The first-order valence-corrected chi connectivity index (χ1v) is 10.3. The molecule has 0 aromatic carbocycles. The van der Waals surface area contributed by atoms with E-state index < -0.39 is 35.8 Å². The molecule has 7 nitrogen and oxygen atoms in total. The van der Waals surface area contributed by atoms with Crippen LogP contribution < -0.4 is 26.6 Å². The summed E-state index contributed by atoms with van der Waals surface area (Å²) in [4.78, 5) is 12.3. The maximum atomic E-state index is 13.1. The summed E-state index contributed by atoms with van der Waals surface area (Å²) in [6, 6.07) is -0.935. The van der Waals surface area contributed by atoms with Crippen molar-refractivity contribution in [2.45, 2.75) is 81.5 Å². The van der Waals surface area contributed by atoms with Crippen molar-refractivity contribution in [2.75, 3.05) is 13.2 Å². The van der Waals surface area contributed by atoms with Gasteiger partial charge in [0, 0.05) is 24.1 Å². The fraction of sp³-hybridized carbons (Fsp3) is 0.941. The van der Waals surface area contributed by atoms with E-state index in [1.807, 2.05) is 6.92 Å². The number of carbonyl (C=O) groups excluding carboxylic acids is 1. The zero-order valence-electron chi connectivity index (χ0n) is 16.0. The molecule has 2 rings (SSSR count). The third-order valence-electron chi connectivity index (χ3n) is 5.18. The number of hydrogen-bond acceptors (Lipinski definition) is 5. The normalized spacial score (nSPS) is 34.1. The fourth-order valence-electron chi connectivity index (χ4n) is 3.72. The Bertz CT molecular complexity index is 500. The molecule has 1 saturated heterocycles. The van der Waals surface area contributed by atoms with Gasteiger partial charge in [-0.05, 0) is 52.0 Å². The van der Waals surface area contributed by atoms with Crippen LogP contribution in [-0.2, 0) is 0 Å². The molecule has 0 radical (unpaired) electrons. The number of urea groups is 1. The molecule has 28 heavy (non-hydrogen) atoms. The summed E-state index contributed by atoms with van der Waals surface area (Å²) in [6.07, 6.45) is -2.06. The zero-order chi connectivity index (χ0) is 20.7. The molecule has 1 aliphatic heterocycles. The van der Waals surface area contributed by atoms with Crippen molar-refractivity contribution in [3.63, 3.8) is 0 Å². The molecule has 1 aliphatic carbocycles. The third-order valence-corrected chi connectivity index (χ3v) is 5.70. The number of alkyl halides is 4. The van der Waals surface area contributed by atoms with Gasteiger partial charge in [-0.15, -0.1) is 11.6 Å². The molecule has 0 bridgehead atoms. The fourth-order valence-corrected chi connectivity index (χ4v) is 4.10. The molecule has 6 N–H and O–H groups in total. The van der Waals surface area contributed by atoms with E-state index in [-0.39, 0.29) is 31.7 Å². The number of halogens is 4. The summed E-state index contributed by atoms with van der Waals surface area (Å²) < 4.78 is 39.2. The molecule has 0 aromatic rings. The molecule has 1 saturated carbocycles. The Balaban J connectivity index is 1.78. The predicted octanol–water partition coefficient (Wildman–Crippen LogP) is 1.57. The molecule has 6 unspecified atom stereocenters. The first kappa shape index (κ1) is 23.5. The molecular weight excluding hydrogens is 399 g/mol. The van der Waals surface area contributed by atoms with Gasteiger partial charge in [-0.2, -0.15) is 13.2 Å². The summed E-state index contributed by atoms with van der Waals surface area (Å²) in [5.41, 5.74) is 0. The molecule has 2 fully saturated rings. The lowest BCUT2D eigenvalue weighted by Gasteiger charge is -2.38. The second-order valence-electron chi connectivity index (χ2n) is 7.63. The molecule has 0 aromatic heterocycles. The second-order valence-corrected chi connectivity index (χ2v) is 8.19. The first-order chi connectivity index (χ1) is 13.2. The van der Waals surface area contributed by atoms with Crippen LogP contribution in [-0.4, -0.2) is 60.4 Å². The van der Waals surface area contributed by atoms with Gasteiger partial charge >= 0.3 is 12.2 Å². The van der Waals surface area contributed by atoms with E-state index in [4.69, 9.17) is 16.7 Å². The first-order valence-electron chi connectivity index (χ1n) is 9.83. The van der Waals surface area contributed by atoms with Crippen molar-refractivity contribution in [1.82, 2.24) is 26.6 Å². The van der Waals surface area contributed by atoms with Gasteiger partial charge < -0.3 is 21.1 Å². The smallest absolute Gasteiger partial charge is 0.393 e. The van der Waals surface area contributed by atoms with Gasteiger partial charge in [0.1, 0.15) is 6.29 Å². The Kier molecular flexibility index (Phi) is 9.07. The number of amides is 2. The van der Waals surface area contributed by atoms with Crippen LogP contribution >= 0.6 is 11.6 Å². The highest BCUT2D eigenvalue weighted by molar-refractivity contribution is 6.20. The van der Waals surface area contributed by atoms with Crippen LogP contribution in [0.25, 0.3) is 0 Å². The standard InChI is InChI=1S/C17H31ClF3N5O2/c1-10-8-14(22-6-2-3-7-27)25-15(23-10)26-16(28)24-11-4-5-13(18)12(9-11)17(19,20)21/h10-15,22-23,25,27H,2-9H2,1H3,(H2,24,26,28). The van der Waals surface area contributed by atoms with E-state index in [0.29, 0.717) is 6.42 Å². The van der Waals surface area contributed by atoms with Crippen molar-refractivity contribution >= 4 is 17.6 Å². The summed E-state index contributed by atoms with van der Waals surface area (Å²) in [7, 11) is 0. The number of hydrogen-bond donors (Lipinski definition) is 6. The number of rotatable bonds is 7. The van der Waals surface area contributed by atoms with Crippen LogP contribution in [0.1, 0.15) is 45.4 Å². The van der Waals surface area contributed by atoms with Crippen molar-refractivity contribution < 1.29 is 23.1 Å². The molecule has 11 heteroatoms. The lowest BCUT2D eigenvalue weighted by atomic mass is 9.85. The predicted molar refractivity (Wildman–Crippen MR) is 101 cm³/mol. The number of carbonyl (C=O) groups is 1. The third kappa shape index (κ3) is 7.55. The summed E-state index contributed by atoms with van der Waals surface area (Å²) in [5, 5.41) is 23.0. The Morgan fingerprint density at radius 1 is 1.18 bits per heavy atom. The largest absolute Gasteiger partial charge is 0.396 e. The van der Waals surface area contributed by atoms with Crippen LogP contribution in [0, 0.1) is 5.92 Å². The minimum Gasteiger partial charge on any atom is -0.396 e. The topological polar surface area (TPSA) is 97.5 Å². The average molecular weight is 430 g/mol. The highest BCUT2D eigenvalue weighted by Gasteiger charge is 2.47. The van der Waals surface area contributed by atoms with Gasteiger partial charge in [-0.1, -0.05) is 0 Å². The lowest BCUT2D eigenvalue weighted by Crippen LogP contribution is -2.68. The van der Waals surface area contributed by atoms with Crippen molar-refractivity contribution in [3.8, 4) is 0 Å². The monoisotopic (exact) mass is 429 g/mol. The van der Waals surface area contributed by atoms with E-state index >= 15 is 0 Å². The molecular formula is C17H31ClF3N5O2. The number of nitrogens with one attached hydrogen (secondary N) is 5. The highest BCUT2D eigenvalue weighted by Crippen LogP contribution is 2.40. The van der Waals surface area contributed by atoms with E-state index in [1.165, 1.54) is 0 Å². The van der Waals surface area contributed by atoms with Crippen LogP contribution in [0.5, 0.6) is 0 Å². The number of aliphatic hydroxyl groups is 1. The zero-order valence-corrected chi connectivity index (χ0v) is 16.7. The minimum absolute atomic E-state index is 0.0125. The van der Waals surface area contributed by atoms with Gasteiger partial charge in [0.05, 0.1) is 12.1 Å². The van der Waals surface area contributed by atoms with Gasteiger partial charge in [0.15, 0.2) is 0 Å². The van der Waals surface area contributed by atoms with Crippen LogP contribution in [0.2, 0.25) is 0 Å². The lowest BCUT2D eigenvalue weighted by molar-refractivity contribution is -0.182. The van der Waals surface area contributed by atoms with Gasteiger partial charge in [0.25, 0.3) is 0 Å². The van der Waals surface area contributed by atoms with E-state index in [2.05, 4.69) is 26.6 Å². The summed E-state index contributed by atoms with van der Waals surface area (Å²) in [5.74, 6) is -1.60. The molecule has 164 valence electrons. The summed E-state index contributed by atoms with van der Waals surface area (Å²) in [6.45, 7) is 2.89. The summed E-state index contributed by atoms with van der Waals surface area (Å²) >= 11 is 5.83. The van der Waals surface area contributed by atoms with Crippen molar-refractivity contribution in [2.24, 2.45) is 5.92 Å². The number of unbranched alkanes of at least 4 members (excludes halogenated alkanes) is 1. The maximum absolute atomic E-state index is 13.1. The van der Waals surface area contributed by atoms with Crippen molar-refractivity contribution in [3.05, 3.63) is 0 Å². The Morgan fingerprint density at radius 2 is 1.93 bits per heavy atom. The van der Waals surface area contributed by atoms with Crippen LogP contribution in [0.4, 0.5) is 18.0 Å². The van der Waals surface area contributed by atoms with Crippen LogP contribution in [0.3, 0.4) is 0 Å². The van der Waals surface area contributed by atoms with Crippen molar-refractivity contribution in [1.29, 1.82) is 0 Å². The minimum atomic E-state index is -4.36. The Hall–Kier alpha value is -0.810. The SMILES string of the molecule is CC1CC(NCCCCO)NC(NC(=O)NC2CCC(Cl)C(C(F)(F)F)C2)N1. The molecule has 2 amide bonds. The second kappa shape index (κ2) is 10.8. The Labute approximate surface area is 168 Å². The van der Waals surface area contributed by atoms with Gasteiger partial charge in [-0.25, -0.2) is 4.79 Å². The molecule has 6 atom stereocenters. The molecule has 0 spiro atoms. The molecule has 1 heterocycles. The van der Waals surface area contributed by atoms with Gasteiger partial charge in [0.2, 0.25) is 0 Å². The van der Waals surface area contributed by atoms with Gasteiger partial charge in [-0.3, -0.25) is 10.6 Å². The maximum Gasteiger partial charge on any atom is 0.393 e. The number of aliphatic hydroxyl groups excluding tert-OH is 1. The Morgan fingerprint density at radius 3 is 2.61 bits per heavy atom. The highest BCUT2D eigenvalue weighted by atomic mass is 35.5.